The molecule has 2 saturated carbocycles. The maximum Gasteiger partial charge on any atom is 0.258 e. The van der Waals surface area contributed by atoms with Crippen LogP contribution in [0.15, 0.2) is 0 Å². The van der Waals surface area contributed by atoms with Gasteiger partial charge in [-0.1, -0.05) is 38.5 Å². The number of hydrogen-bond acceptors (Lipinski definition) is 5. The van der Waals surface area contributed by atoms with Crippen molar-refractivity contribution in [3.8, 4) is 0 Å². The van der Waals surface area contributed by atoms with E-state index in [0.29, 0.717) is 12.2 Å². The van der Waals surface area contributed by atoms with Gasteiger partial charge in [0, 0.05) is 0 Å². The van der Waals surface area contributed by atoms with Crippen LogP contribution >= 0.6 is 27.8 Å². The second kappa shape index (κ2) is 7.90. The van der Waals surface area contributed by atoms with Gasteiger partial charge in [0.25, 0.3) is 5.69 Å². The molecule has 0 spiro atoms. The largest absolute Gasteiger partial charge is 0.318 e. The van der Waals surface area contributed by atoms with E-state index in [0.717, 1.165) is 25.7 Å². The summed E-state index contributed by atoms with van der Waals surface area (Å²) in [5.74, 6) is 0. The Balaban J connectivity index is 1.85. The first-order valence-corrected chi connectivity index (χ1v) is 12.1. The zero-order valence-corrected chi connectivity index (χ0v) is 14.2. The molecule has 0 aromatic heterocycles. The van der Waals surface area contributed by atoms with E-state index in [9.17, 15) is 0 Å². The quantitative estimate of drug-likeness (QED) is 0.409. The second-order valence-electron chi connectivity index (χ2n) is 5.26. The molecule has 18 heavy (non-hydrogen) atoms. The van der Waals surface area contributed by atoms with Crippen LogP contribution in [0.5, 0.6) is 0 Å². The number of thiol groups is 1. The molecule has 106 valence electrons. The van der Waals surface area contributed by atoms with Crippen LogP contribution in [-0.4, -0.2) is 12.2 Å². The minimum Gasteiger partial charge on any atom is -0.318 e. The minimum atomic E-state index is -2.22. The first-order chi connectivity index (χ1) is 8.72. The molecular weight excluding hydrogens is 303 g/mol. The minimum absolute atomic E-state index is 0.313. The van der Waals surface area contributed by atoms with Gasteiger partial charge in [-0.15, -0.1) is 11.7 Å². The van der Waals surface area contributed by atoms with E-state index in [2.05, 4.69) is 11.7 Å². The van der Waals surface area contributed by atoms with Gasteiger partial charge < -0.3 is 9.05 Å². The molecule has 0 aromatic rings. The summed E-state index contributed by atoms with van der Waals surface area (Å²) in [6.07, 6.45) is 12.9. The van der Waals surface area contributed by atoms with Crippen LogP contribution in [0.3, 0.4) is 0 Å². The van der Waals surface area contributed by atoms with Crippen LogP contribution in [0.2, 0.25) is 0 Å². The van der Waals surface area contributed by atoms with E-state index >= 15 is 0 Å². The van der Waals surface area contributed by atoms with Crippen LogP contribution in [-0.2, 0) is 20.9 Å². The summed E-state index contributed by atoms with van der Waals surface area (Å²) in [6.45, 7) is 0. The first-order valence-electron chi connectivity index (χ1n) is 7.02. The highest BCUT2D eigenvalue weighted by Gasteiger charge is 2.29. The highest BCUT2D eigenvalue weighted by Crippen LogP contribution is 2.65. The Kier molecular flexibility index (Phi) is 6.87. The van der Waals surface area contributed by atoms with E-state index < -0.39 is 5.69 Å². The number of rotatable bonds is 5. The predicted octanol–water partition coefficient (Wildman–Crippen LogP) is 5.49. The molecule has 2 nitrogen and oxygen atoms in total. The molecular formula is C12H23O2PS3. The van der Waals surface area contributed by atoms with E-state index in [4.69, 9.17) is 20.9 Å². The molecule has 0 atom stereocenters. The van der Waals surface area contributed by atoms with E-state index in [-0.39, 0.29) is 0 Å². The fourth-order valence-corrected chi connectivity index (χ4v) is 6.43. The molecule has 2 rings (SSSR count). The fourth-order valence-electron chi connectivity index (χ4n) is 2.77. The third-order valence-corrected chi connectivity index (χ3v) is 10.3. The summed E-state index contributed by atoms with van der Waals surface area (Å²) in [7, 11) is 1.34. The van der Waals surface area contributed by atoms with Crippen molar-refractivity contribution < 1.29 is 9.05 Å². The van der Waals surface area contributed by atoms with Gasteiger partial charge in [0.15, 0.2) is 0 Å². The lowest BCUT2D eigenvalue weighted by Crippen LogP contribution is -2.19. The van der Waals surface area contributed by atoms with Gasteiger partial charge in [0.2, 0.25) is 0 Å². The lowest BCUT2D eigenvalue weighted by Gasteiger charge is -2.32. The Hall–Kier alpha value is 1.27. The molecule has 0 unspecified atom stereocenters. The molecule has 0 saturated heterocycles. The molecule has 0 N–H and O–H groups in total. The molecule has 0 heterocycles. The molecule has 0 aliphatic heterocycles. The van der Waals surface area contributed by atoms with Crippen LogP contribution in [0.4, 0.5) is 0 Å². The molecule has 0 radical (unpaired) electrons. The monoisotopic (exact) mass is 326 g/mol. The Morgan fingerprint density at radius 3 is 1.56 bits per heavy atom. The van der Waals surface area contributed by atoms with Crippen molar-refractivity contribution in [2.24, 2.45) is 0 Å². The van der Waals surface area contributed by atoms with Crippen molar-refractivity contribution in [2.45, 2.75) is 76.4 Å². The van der Waals surface area contributed by atoms with Crippen molar-refractivity contribution >= 4 is 39.6 Å². The van der Waals surface area contributed by atoms with Gasteiger partial charge in [-0.3, -0.25) is 0 Å². The van der Waals surface area contributed by atoms with Gasteiger partial charge >= 0.3 is 0 Å². The van der Waals surface area contributed by atoms with E-state index in [1.807, 2.05) is 0 Å². The topological polar surface area (TPSA) is 18.5 Å². The van der Waals surface area contributed by atoms with Crippen LogP contribution < -0.4 is 0 Å². The standard InChI is InChI=1S/C12H23O2PS3/c16-15(18-17,13-11-7-3-1-4-8-11)14-12-9-5-2-6-10-12/h11-12,17H,1-10H2. The maximum absolute atomic E-state index is 6.12. The average Bonchev–Trinajstić information content (AvgIpc) is 2.41. The lowest BCUT2D eigenvalue weighted by molar-refractivity contribution is 0.109. The van der Waals surface area contributed by atoms with Crippen LogP contribution in [0.25, 0.3) is 0 Å². The smallest absolute Gasteiger partial charge is 0.258 e. The average molecular weight is 326 g/mol. The molecule has 0 aromatic carbocycles. The first kappa shape index (κ1) is 15.7. The Labute approximate surface area is 125 Å². The maximum atomic E-state index is 6.12. The predicted molar refractivity (Wildman–Crippen MR) is 86.8 cm³/mol. The molecule has 0 amide bonds. The molecule has 2 fully saturated rings. The summed E-state index contributed by atoms with van der Waals surface area (Å²) in [5.41, 5.74) is -2.22. The third-order valence-electron chi connectivity index (χ3n) is 3.76. The Morgan fingerprint density at radius 2 is 1.22 bits per heavy atom. The Bertz CT molecular complexity index is 265. The van der Waals surface area contributed by atoms with Crippen molar-refractivity contribution in [1.29, 1.82) is 0 Å². The summed E-state index contributed by atoms with van der Waals surface area (Å²) in [5, 5.41) is 0. The van der Waals surface area contributed by atoms with Gasteiger partial charge in [-0.05, 0) is 47.9 Å². The highest BCUT2D eigenvalue weighted by atomic mass is 33.4. The highest BCUT2D eigenvalue weighted by molar-refractivity contribution is 8.98. The Morgan fingerprint density at radius 1 is 0.833 bits per heavy atom. The van der Waals surface area contributed by atoms with Gasteiger partial charge in [0.05, 0.1) is 12.2 Å². The van der Waals surface area contributed by atoms with Crippen LogP contribution in [0.1, 0.15) is 64.2 Å². The summed E-state index contributed by atoms with van der Waals surface area (Å²) < 4.78 is 12.2. The molecule has 2 aliphatic rings. The van der Waals surface area contributed by atoms with Crippen molar-refractivity contribution in [2.75, 3.05) is 0 Å². The number of hydrogen-bond donors (Lipinski definition) is 1. The molecule has 6 heteroatoms. The van der Waals surface area contributed by atoms with Crippen LogP contribution in [0, 0.1) is 0 Å². The van der Waals surface area contributed by atoms with Crippen molar-refractivity contribution in [3.05, 3.63) is 0 Å². The molecule has 0 bridgehead atoms. The third kappa shape index (κ3) is 4.99. The SMILES string of the molecule is S=P(OC1CCCCC1)(OC1CCCCC1)SS. The van der Waals surface area contributed by atoms with Crippen molar-refractivity contribution in [1.82, 2.24) is 0 Å². The van der Waals surface area contributed by atoms with Gasteiger partial charge in [-0.25, -0.2) is 0 Å². The second-order valence-corrected chi connectivity index (χ2v) is 12.3. The van der Waals surface area contributed by atoms with E-state index in [1.54, 1.807) is 0 Å². The summed E-state index contributed by atoms with van der Waals surface area (Å²) >= 11 is 9.93. The summed E-state index contributed by atoms with van der Waals surface area (Å²) in [6, 6.07) is 0. The van der Waals surface area contributed by atoms with Crippen molar-refractivity contribution in [3.63, 3.8) is 0 Å². The summed E-state index contributed by atoms with van der Waals surface area (Å²) in [4.78, 5) is 0. The molecule has 2 aliphatic carbocycles. The van der Waals surface area contributed by atoms with Gasteiger partial charge in [0.1, 0.15) is 0 Å². The van der Waals surface area contributed by atoms with Gasteiger partial charge in [-0.2, -0.15) is 0 Å². The fraction of sp³-hybridized carbons (Fsp3) is 1.00. The zero-order chi connectivity index (χ0) is 12.8. The lowest BCUT2D eigenvalue weighted by atomic mass is 9.98. The zero-order valence-electron chi connectivity index (χ0n) is 10.8. The van der Waals surface area contributed by atoms with E-state index in [1.165, 1.54) is 48.9 Å². The normalized spacial score (nSPS) is 24.3.